The summed E-state index contributed by atoms with van der Waals surface area (Å²) >= 11 is 0. The number of nitrogens with zero attached hydrogens (tertiary/aromatic N) is 2. The second-order valence-corrected chi connectivity index (χ2v) is 8.46. The van der Waals surface area contributed by atoms with Crippen molar-refractivity contribution >= 4 is 21.1 Å². The van der Waals surface area contributed by atoms with Gasteiger partial charge in [-0.05, 0) is 58.0 Å². The third-order valence-corrected chi connectivity index (χ3v) is 5.57. The number of furan rings is 1. The molecule has 0 aliphatic rings. The van der Waals surface area contributed by atoms with E-state index in [0.29, 0.717) is 22.9 Å². The molecule has 2 heterocycles. The van der Waals surface area contributed by atoms with Crippen LogP contribution in [0.15, 0.2) is 39.6 Å². The summed E-state index contributed by atoms with van der Waals surface area (Å²) in [6.45, 7) is 7.40. The molecule has 0 aliphatic carbocycles. The Bertz CT molecular complexity index is 1030. The molecule has 1 aromatic carbocycles. The van der Waals surface area contributed by atoms with Crippen LogP contribution in [0.1, 0.15) is 39.5 Å². The fourth-order valence-electron chi connectivity index (χ4n) is 2.90. The van der Waals surface area contributed by atoms with E-state index in [9.17, 15) is 13.5 Å². The van der Waals surface area contributed by atoms with E-state index in [-0.39, 0.29) is 23.6 Å². The lowest BCUT2D eigenvalue weighted by atomic mass is 10.3. The first-order valence-corrected chi connectivity index (χ1v) is 9.95. The van der Waals surface area contributed by atoms with Crippen molar-refractivity contribution < 1.29 is 17.9 Å². The van der Waals surface area contributed by atoms with Crippen LogP contribution in [0.3, 0.4) is 0 Å². The molecule has 0 saturated carbocycles. The minimum absolute atomic E-state index is 0.0916. The van der Waals surface area contributed by atoms with E-state index in [0.717, 1.165) is 5.52 Å². The number of aliphatic hydroxyl groups is 1. The molecule has 2 N–H and O–H groups in total. The lowest BCUT2D eigenvalue weighted by Crippen LogP contribution is -2.30. The molecule has 0 aliphatic heterocycles. The number of fused-ring (bicyclic) bond motifs is 1. The average Bonchev–Trinajstić information content (AvgIpc) is 3.16. The monoisotopic (exact) mass is 377 g/mol. The minimum atomic E-state index is -3.60. The summed E-state index contributed by atoms with van der Waals surface area (Å²) in [6, 6.07) is 8.26. The van der Waals surface area contributed by atoms with Gasteiger partial charge >= 0.3 is 0 Å². The maximum Gasteiger partial charge on any atom is 0.240 e. The Hall–Kier alpha value is -2.16. The second kappa shape index (κ2) is 6.86. The zero-order valence-electron chi connectivity index (χ0n) is 15.2. The van der Waals surface area contributed by atoms with Crippen LogP contribution in [0.4, 0.5) is 0 Å². The Morgan fingerprint density at radius 1 is 1.19 bits per heavy atom. The maximum absolute atomic E-state index is 12.4. The number of sulfonamides is 1. The zero-order valence-corrected chi connectivity index (χ0v) is 16.0. The summed E-state index contributed by atoms with van der Waals surface area (Å²) in [6.07, 6.45) is 0. The van der Waals surface area contributed by atoms with E-state index >= 15 is 0 Å². The van der Waals surface area contributed by atoms with Gasteiger partial charge in [0.25, 0.3) is 0 Å². The van der Waals surface area contributed by atoms with Crippen LogP contribution < -0.4 is 4.72 Å². The molecule has 0 saturated heterocycles. The van der Waals surface area contributed by atoms with Crippen molar-refractivity contribution in [1.82, 2.24) is 14.3 Å². The largest absolute Gasteiger partial charge is 0.455 e. The number of aliphatic hydroxyl groups excluding tert-OH is 1. The molecule has 7 nitrogen and oxygen atoms in total. The molecular weight excluding hydrogens is 354 g/mol. The van der Waals surface area contributed by atoms with Crippen LogP contribution in [0.25, 0.3) is 22.6 Å². The summed E-state index contributed by atoms with van der Waals surface area (Å²) in [5.41, 5.74) is 1.39. The van der Waals surface area contributed by atoms with Gasteiger partial charge in [0, 0.05) is 12.1 Å². The Kier molecular flexibility index (Phi) is 4.92. The highest BCUT2D eigenvalue weighted by Crippen LogP contribution is 2.30. The highest BCUT2D eigenvalue weighted by atomic mass is 32.2. The topological polar surface area (TPSA) is 97.4 Å². The molecule has 0 spiro atoms. The zero-order chi connectivity index (χ0) is 19.1. The first-order valence-electron chi connectivity index (χ1n) is 8.47. The fourth-order valence-corrected chi connectivity index (χ4v) is 4.17. The summed E-state index contributed by atoms with van der Waals surface area (Å²) in [5, 5.41) is 9.22. The van der Waals surface area contributed by atoms with Gasteiger partial charge in [0.05, 0.1) is 15.9 Å². The molecule has 0 amide bonds. The van der Waals surface area contributed by atoms with E-state index in [2.05, 4.69) is 9.71 Å². The van der Waals surface area contributed by atoms with Gasteiger partial charge in [0.2, 0.25) is 10.0 Å². The summed E-state index contributed by atoms with van der Waals surface area (Å²) in [5.74, 6) is 1.58. The first-order chi connectivity index (χ1) is 12.2. The SMILES string of the molecule is CC(C)NS(=O)(=O)c1ccc2c(c1)nc(-c1ccc(CO)o1)n2C(C)C. The number of hydrogen-bond donors (Lipinski definition) is 2. The van der Waals surface area contributed by atoms with Crippen LogP contribution >= 0.6 is 0 Å². The van der Waals surface area contributed by atoms with Crippen molar-refractivity contribution in [2.75, 3.05) is 0 Å². The van der Waals surface area contributed by atoms with Gasteiger partial charge in [-0.1, -0.05) is 0 Å². The van der Waals surface area contributed by atoms with E-state index in [4.69, 9.17) is 4.42 Å². The van der Waals surface area contributed by atoms with Gasteiger partial charge in [0.1, 0.15) is 12.4 Å². The molecule has 3 aromatic rings. The Balaban J connectivity index is 2.17. The van der Waals surface area contributed by atoms with Crippen LogP contribution in [-0.2, 0) is 16.6 Å². The number of imidazole rings is 1. The molecule has 0 unspecified atom stereocenters. The van der Waals surface area contributed by atoms with Crippen molar-refractivity contribution in [3.05, 3.63) is 36.1 Å². The van der Waals surface area contributed by atoms with Crippen molar-refractivity contribution in [3.8, 4) is 11.6 Å². The van der Waals surface area contributed by atoms with Crippen LogP contribution in [0, 0.1) is 0 Å². The standard InChI is InChI=1S/C18H23N3O4S/c1-11(2)20-26(23,24)14-6-7-16-15(9-14)19-18(21(16)12(3)4)17-8-5-13(10-22)25-17/h5-9,11-12,20,22H,10H2,1-4H3. The molecule has 0 radical (unpaired) electrons. The Morgan fingerprint density at radius 3 is 2.50 bits per heavy atom. The van der Waals surface area contributed by atoms with E-state index in [1.54, 1.807) is 44.2 Å². The average molecular weight is 377 g/mol. The molecule has 0 fully saturated rings. The predicted molar refractivity (Wildman–Crippen MR) is 99.2 cm³/mol. The number of benzene rings is 1. The number of hydrogen-bond acceptors (Lipinski definition) is 5. The normalized spacial score (nSPS) is 12.6. The summed E-state index contributed by atoms with van der Waals surface area (Å²) < 4.78 is 35.1. The molecule has 3 rings (SSSR count). The van der Waals surface area contributed by atoms with Gasteiger partial charge in [-0.2, -0.15) is 0 Å². The van der Waals surface area contributed by atoms with E-state index in [1.165, 1.54) is 0 Å². The van der Waals surface area contributed by atoms with Gasteiger partial charge in [-0.3, -0.25) is 0 Å². The van der Waals surface area contributed by atoms with Gasteiger partial charge < -0.3 is 14.1 Å². The summed E-state index contributed by atoms with van der Waals surface area (Å²) in [7, 11) is -3.60. The lowest BCUT2D eigenvalue weighted by Gasteiger charge is -2.12. The predicted octanol–water partition coefficient (Wildman–Crippen LogP) is 3.06. The number of aromatic nitrogens is 2. The van der Waals surface area contributed by atoms with Crippen LogP contribution in [-0.4, -0.2) is 29.1 Å². The molecule has 0 bridgehead atoms. The van der Waals surface area contributed by atoms with Crippen molar-refractivity contribution in [1.29, 1.82) is 0 Å². The first kappa shape index (κ1) is 18.6. The molecule has 0 atom stereocenters. The third-order valence-electron chi connectivity index (χ3n) is 3.92. The van der Waals surface area contributed by atoms with Crippen LogP contribution in [0.2, 0.25) is 0 Å². The van der Waals surface area contributed by atoms with E-state index in [1.807, 2.05) is 18.4 Å². The van der Waals surface area contributed by atoms with Crippen LogP contribution in [0.5, 0.6) is 0 Å². The number of nitrogens with one attached hydrogen (secondary N) is 1. The van der Waals surface area contributed by atoms with Crippen molar-refractivity contribution in [3.63, 3.8) is 0 Å². The molecule has 26 heavy (non-hydrogen) atoms. The van der Waals surface area contributed by atoms with Gasteiger partial charge in [0.15, 0.2) is 11.6 Å². The third kappa shape index (κ3) is 3.40. The quantitative estimate of drug-likeness (QED) is 0.688. The Morgan fingerprint density at radius 2 is 1.92 bits per heavy atom. The molecular formula is C18H23N3O4S. The van der Waals surface area contributed by atoms with Crippen molar-refractivity contribution in [2.24, 2.45) is 0 Å². The Labute approximate surface area is 152 Å². The van der Waals surface area contributed by atoms with Gasteiger partial charge in [-0.25, -0.2) is 18.1 Å². The summed E-state index contributed by atoms with van der Waals surface area (Å²) in [4.78, 5) is 4.78. The smallest absolute Gasteiger partial charge is 0.240 e. The molecule has 8 heteroatoms. The molecule has 140 valence electrons. The number of rotatable bonds is 6. The van der Waals surface area contributed by atoms with E-state index < -0.39 is 10.0 Å². The lowest BCUT2D eigenvalue weighted by molar-refractivity contribution is 0.248. The maximum atomic E-state index is 12.4. The van der Waals surface area contributed by atoms with Gasteiger partial charge in [-0.15, -0.1) is 0 Å². The second-order valence-electron chi connectivity index (χ2n) is 6.75. The molecule has 2 aromatic heterocycles. The minimum Gasteiger partial charge on any atom is -0.455 e. The highest BCUT2D eigenvalue weighted by molar-refractivity contribution is 7.89. The highest BCUT2D eigenvalue weighted by Gasteiger charge is 2.21. The fraction of sp³-hybridized carbons (Fsp3) is 0.389. The van der Waals surface area contributed by atoms with Crippen molar-refractivity contribution in [2.45, 2.75) is 51.3 Å².